The second-order valence-corrected chi connectivity index (χ2v) is 6.31. The summed E-state index contributed by atoms with van der Waals surface area (Å²) in [5, 5.41) is 0. The Hall–Kier alpha value is -0.740. The van der Waals surface area contributed by atoms with Gasteiger partial charge in [-0.3, -0.25) is 4.79 Å². The average molecular weight is 244 g/mol. The highest BCUT2D eigenvalue weighted by atomic mass is 16.7. The molecule has 0 aromatic carbocycles. The first-order valence-corrected chi connectivity index (χ1v) is 5.81. The van der Waals surface area contributed by atoms with Crippen molar-refractivity contribution in [3.05, 3.63) is 0 Å². The van der Waals surface area contributed by atoms with E-state index in [1.54, 1.807) is 0 Å². The third-order valence-electron chi connectivity index (χ3n) is 1.86. The third-order valence-corrected chi connectivity index (χ3v) is 1.86. The Morgan fingerprint density at radius 1 is 1.00 bits per heavy atom. The summed E-state index contributed by atoms with van der Waals surface area (Å²) in [5.41, 5.74) is -0.526. The van der Waals surface area contributed by atoms with Crippen LogP contribution in [0.4, 0.5) is 0 Å². The molecule has 0 fully saturated rings. The van der Waals surface area contributed by atoms with Gasteiger partial charge in [-0.05, 0) is 32.6 Å². The number of carbonyl (C=O) groups excluding carboxylic acids is 2. The molecule has 0 radical (unpaired) electrons. The zero-order chi connectivity index (χ0) is 13.7. The lowest BCUT2D eigenvalue weighted by atomic mass is 9.89. The summed E-state index contributed by atoms with van der Waals surface area (Å²) < 4.78 is 10.7. The number of ether oxygens (including phenoxy) is 2. The first-order chi connectivity index (χ1) is 7.57. The maximum atomic E-state index is 10.9. The lowest BCUT2D eigenvalue weighted by Gasteiger charge is -2.28. The van der Waals surface area contributed by atoms with Crippen molar-refractivity contribution in [3.8, 4) is 0 Å². The predicted molar refractivity (Wildman–Crippen MR) is 65.7 cm³/mol. The highest BCUT2D eigenvalue weighted by Gasteiger charge is 2.25. The molecular formula is C13H24O4. The molecule has 0 heterocycles. The van der Waals surface area contributed by atoms with Crippen LogP contribution in [0, 0.1) is 5.41 Å². The van der Waals surface area contributed by atoms with Gasteiger partial charge >= 0.3 is 0 Å². The van der Waals surface area contributed by atoms with Gasteiger partial charge in [0, 0.05) is 0 Å². The fraction of sp³-hybridized carbons (Fsp3) is 0.846. The summed E-state index contributed by atoms with van der Waals surface area (Å²) in [5.74, 6) is 0. The van der Waals surface area contributed by atoms with Gasteiger partial charge in [-0.25, -0.2) is 0 Å². The van der Waals surface area contributed by atoms with Crippen molar-refractivity contribution in [2.24, 2.45) is 5.41 Å². The van der Waals surface area contributed by atoms with Gasteiger partial charge in [0.15, 0.2) is 6.29 Å². The monoisotopic (exact) mass is 244 g/mol. The van der Waals surface area contributed by atoms with Gasteiger partial charge in [-0.2, -0.15) is 0 Å². The Bertz CT molecular complexity index is 221. The largest absolute Gasteiger partial charge is 0.340 e. The van der Waals surface area contributed by atoms with Crippen LogP contribution in [-0.2, 0) is 19.1 Å². The third kappa shape index (κ3) is 9.01. The first kappa shape index (κ1) is 16.3. The van der Waals surface area contributed by atoms with Crippen molar-refractivity contribution >= 4 is 12.6 Å². The predicted octanol–water partition coefficient (Wildman–Crippen LogP) is 2.35. The number of hydrogen-bond acceptors (Lipinski definition) is 4. The van der Waals surface area contributed by atoms with Crippen molar-refractivity contribution in [1.82, 2.24) is 0 Å². The zero-order valence-corrected chi connectivity index (χ0v) is 11.6. The molecule has 0 rings (SSSR count). The van der Waals surface area contributed by atoms with Gasteiger partial charge in [-0.15, -0.1) is 0 Å². The lowest BCUT2D eigenvalue weighted by Crippen LogP contribution is -2.35. The molecule has 4 heteroatoms. The first-order valence-electron chi connectivity index (χ1n) is 5.81. The Labute approximate surface area is 104 Å². The van der Waals surface area contributed by atoms with Crippen LogP contribution >= 0.6 is 0 Å². The molecule has 0 aromatic rings. The van der Waals surface area contributed by atoms with Crippen molar-refractivity contribution in [2.75, 3.05) is 0 Å². The Morgan fingerprint density at radius 2 is 1.53 bits per heavy atom. The van der Waals surface area contributed by atoms with Crippen LogP contribution in [-0.4, -0.2) is 30.6 Å². The Balaban J connectivity index is 4.42. The smallest absolute Gasteiger partial charge is 0.215 e. The van der Waals surface area contributed by atoms with E-state index in [1.807, 2.05) is 41.5 Å². The summed E-state index contributed by atoms with van der Waals surface area (Å²) in [7, 11) is 0. The maximum absolute atomic E-state index is 10.9. The summed E-state index contributed by atoms with van der Waals surface area (Å²) in [6.45, 7) is 11.5. The summed E-state index contributed by atoms with van der Waals surface area (Å²) in [6.07, 6.45) is 0.229. The number of carbonyl (C=O) groups is 2. The second kappa shape index (κ2) is 6.26. The van der Waals surface area contributed by atoms with Gasteiger partial charge in [0.1, 0.15) is 12.4 Å². The van der Waals surface area contributed by atoms with E-state index < -0.39 is 18.0 Å². The molecule has 0 N–H and O–H groups in total. The van der Waals surface area contributed by atoms with Crippen LogP contribution < -0.4 is 0 Å². The van der Waals surface area contributed by atoms with E-state index in [4.69, 9.17) is 9.47 Å². The molecule has 0 aromatic heterocycles. The highest BCUT2D eigenvalue weighted by Crippen LogP contribution is 2.23. The number of aldehydes is 2. The van der Waals surface area contributed by atoms with E-state index in [0.717, 1.165) is 0 Å². The van der Waals surface area contributed by atoms with Gasteiger partial charge in [0.05, 0.1) is 5.60 Å². The van der Waals surface area contributed by atoms with Gasteiger partial charge in [0.25, 0.3) is 0 Å². The van der Waals surface area contributed by atoms with Crippen LogP contribution in [0.1, 0.15) is 48.0 Å². The normalized spacial score (nSPS) is 16.4. The molecule has 0 saturated heterocycles. The van der Waals surface area contributed by atoms with Crippen LogP contribution in [0.5, 0.6) is 0 Å². The molecule has 0 amide bonds. The van der Waals surface area contributed by atoms with Crippen molar-refractivity contribution in [2.45, 2.75) is 66.0 Å². The molecule has 17 heavy (non-hydrogen) atoms. The van der Waals surface area contributed by atoms with Gasteiger partial charge < -0.3 is 14.3 Å². The fourth-order valence-corrected chi connectivity index (χ4v) is 1.34. The highest BCUT2D eigenvalue weighted by molar-refractivity contribution is 5.58. The van der Waals surface area contributed by atoms with Gasteiger partial charge in [-0.1, -0.05) is 20.8 Å². The molecule has 0 aliphatic heterocycles. The molecule has 2 unspecified atom stereocenters. The molecule has 100 valence electrons. The van der Waals surface area contributed by atoms with Crippen LogP contribution in [0.2, 0.25) is 0 Å². The average Bonchev–Trinajstić information content (AvgIpc) is 2.11. The van der Waals surface area contributed by atoms with Gasteiger partial charge in [0.2, 0.25) is 6.29 Å². The van der Waals surface area contributed by atoms with Crippen LogP contribution in [0.15, 0.2) is 0 Å². The summed E-state index contributed by atoms with van der Waals surface area (Å²) in [4.78, 5) is 21.7. The fourth-order valence-electron chi connectivity index (χ4n) is 1.34. The minimum absolute atomic E-state index is 0.0409. The van der Waals surface area contributed by atoms with E-state index in [-0.39, 0.29) is 5.41 Å². The van der Waals surface area contributed by atoms with E-state index in [9.17, 15) is 9.59 Å². The van der Waals surface area contributed by atoms with Crippen LogP contribution in [0.3, 0.4) is 0 Å². The SMILES string of the molecule is CC(C)(C)CC(C=O)OC(C=O)OC(C)(C)C. The minimum atomic E-state index is -0.993. The Kier molecular flexibility index (Phi) is 5.99. The standard InChI is InChI=1S/C13H24O4/c1-12(2,3)7-10(8-14)16-11(9-15)17-13(4,5)6/h8-11H,7H2,1-6H3. The Morgan fingerprint density at radius 3 is 1.82 bits per heavy atom. The molecular weight excluding hydrogens is 220 g/mol. The zero-order valence-electron chi connectivity index (χ0n) is 11.6. The molecule has 0 bridgehead atoms. The maximum Gasteiger partial charge on any atom is 0.215 e. The van der Waals surface area contributed by atoms with Crippen LogP contribution in [0.25, 0.3) is 0 Å². The quantitative estimate of drug-likeness (QED) is 0.531. The number of rotatable bonds is 6. The topological polar surface area (TPSA) is 52.6 Å². The molecule has 0 saturated carbocycles. The molecule has 0 aliphatic rings. The number of hydrogen-bond donors (Lipinski definition) is 0. The molecule has 2 atom stereocenters. The van der Waals surface area contributed by atoms with E-state index in [2.05, 4.69) is 0 Å². The molecule has 0 aliphatic carbocycles. The molecule has 4 nitrogen and oxygen atoms in total. The summed E-state index contributed by atoms with van der Waals surface area (Å²) >= 11 is 0. The minimum Gasteiger partial charge on any atom is -0.340 e. The van der Waals surface area contributed by atoms with E-state index in [0.29, 0.717) is 19.0 Å². The molecule has 0 spiro atoms. The van der Waals surface area contributed by atoms with E-state index >= 15 is 0 Å². The second-order valence-electron chi connectivity index (χ2n) is 6.31. The van der Waals surface area contributed by atoms with Crippen molar-refractivity contribution < 1.29 is 19.1 Å². The van der Waals surface area contributed by atoms with E-state index in [1.165, 1.54) is 0 Å². The summed E-state index contributed by atoms with van der Waals surface area (Å²) in [6, 6.07) is 0. The van der Waals surface area contributed by atoms with Crippen molar-refractivity contribution in [1.29, 1.82) is 0 Å². The van der Waals surface area contributed by atoms with Crippen molar-refractivity contribution in [3.63, 3.8) is 0 Å². The lowest BCUT2D eigenvalue weighted by molar-refractivity contribution is -0.205.